The molecule has 5 nitrogen and oxygen atoms in total. The molecule has 2 rings (SSSR count). The molecular formula is C15H21NO4. The number of carboxylic acid groups (broad SMARTS) is 1. The first-order valence-corrected chi connectivity index (χ1v) is 6.78. The third-order valence-electron chi connectivity index (χ3n) is 3.94. The fourth-order valence-electron chi connectivity index (χ4n) is 2.61. The van der Waals surface area contributed by atoms with Gasteiger partial charge in [0.2, 0.25) is 0 Å². The second kappa shape index (κ2) is 5.81. The Hall–Kier alpha value is -1.59. The number of nitrogens with zero attached hydrogens (tertiary/aromatic N) is 1. The molecule has 1 atom stereocenters. The van der Waals surface area contributed by atoms with Crippen molar-refractivity contribution in [3.63, 3.8) is 0 Å². The lowest BCUT2D eigenvalue weighted by atomic mass is 9.89. The van der Waals surface area contributed by atoms with E-state index in [9.17, 15) is 15.0 Å². The van der Waals surface area contributed by atoms with Crippen molar-refractivity contribution in [2.24, 2.45) is 0 Å². The smallest absolute Gasteiger partial charge is 0.324 e. The number of aromatic hydroxyl groups is 1. The van der Waals surface area contributed by atoms with E-state index in [-0.39, 0.29) is 12.2 Å². The Kier molecular flexibility index (Phi) is 4.30. The molecule has 0 aromatic heterocycles. The SMILES string of the molecule is Cc1ccc(O)c(CC(C)(C(=O)O)N2CCOCC2)c1. The number of carboxylic acids is 1. The van der Waals surface area contributed by atoms with Gasteiger partial charge in [0.05, 0.1) is 13.2 Å². The molecule has 0 aliphatic carbocycles. The number of ether oxygens (including phenoxy) is 1. The van der Waals surface area contributed by atoms with E-state index < -0.39 is 11.5 Å². The van der Waals surface area contributed by atoms with Gasteiger partial charge in [-0.1, -0.05) is 17.7 Å². The molecule has 1 saturated heterocycles. The molecule has 110 valence electrons. The number of aliphatic carboxylic acids is 1. The van der Waals surface area contributed by atoms with E-state index in [4.69, 9.17) is 4.74 Å². The molecule has 0 amide bonds. The maximum absolute atomic E-state index is 11.8. The van der Waals surface area contributed by atoms with Crippen LogP contribution < -0.4 is 0 Å². The number of hydrogen-bond donors (Lipinski definition) is 2. The summed E-state index contributed by atoms with van der Waals surface area (Å²) < 4.78 is 5.28. The van der Waals surface area contributed by atoms with Crippen molar-refractivity contribution in [1.29, 1.82) is 0 Å². The predicted octanol–water partition coefficient (Wildman–Crippen LogP) is 1.42. The number of morpholine rings is 1. The van der Waals surface area contributed by atoms with Crippen LogP contribution >= 0.6 is 0 Å². The van der Waals surface area contributed by atoms with Crippen molar-refractivity contribution in [2.45, 2.75) is 25.8 Å². The summed E-state index contributed by atoms with van der Waals surface area (Å²) in [6, 6.07) is 5.27. The first kappa shape index (κ1) is 14.8. The van der Waals surface area contributed by atoms with E-state index in [0.29, 0.717) is 31.9 Å². The Balaban J connectivity index is 2.28. The average molecular weight is 279 g/mol. The van der Waals surface area contributed by atoms with Crippen molar-refractivity contribution >= 4 is 5.97 Å². The number of carbonyl (C=O) groups is 1. The first-order valence-electron chi connectivity index (χ1n) is 6.78. The van der Waals surface area contributed by atoms with Gasteiger partial charge in [-0.15, -0.1) is 0 Å². The van der Waals surface area contributed by atoms with Crippen molar-refractivity contribution in [1.82, 2.24) is 4.90 Å². The second-order valence-electron chi connectivity index (χ2n) is 5.49. The van der Waals surface area contributed by atoms with Crippen LogP contribution in [0.1, 0.15) is 18.1 Å². The summed E-state index contributed by atoms with van der Waals surface area (Å²) in [6.45, 7) is 5.91. The lowest BCUT2D eigenvalue weighted by Gasteiger charge is -2.40. The van der Waals surface area contributed by atoms with Crippen LogP contribution in [0.5, 0.6) is 5.75 Å². The van der Waals surface area contributed by atoms with Crippen molar-refractivity contribution in [3.05, 3.63) is 29.3 Å². The number of rotatable bonds is 4. The molecule has 1 fully saturated rings. The zero-order valence-electron chi connectivity index (χ0n) is 11.9. The third kappa shape index (κ3) is 2.94. The van der Waals surface area contributed by atoms with Crippen LogP contribution in [0.3, 0.4) is 0 Å². The minimum absolute atomic E-state index is 0.149. The standard InChI is InChI=1S/C15H21NO4/c1-11-3-4-13(17)12(9-11)10-15(2,14(18)19)16-5-7-20-8-6-16/h3-4,9,17H,5-8,10H2,1-2H3,(H,18,19). The fourth-order valence-corrected chi connectivity index (χ4v) is 2.61. The average Bonchev–Trinajstić information content (AvgIpc) is 2.43. The molecule has 0 bridgehead atoms. The summed E-state index contributed by atoms with van der Waals surface area (Å²) in [5.74, 6) is -0.725. The molecule has 1 aromatic carbocycles. The number of aryl methyl sites for hydroxylation is 1. The van der Waals surface area contributed by atoms with Crippen LogP contribution in [0.25, 0.3) is 0 Å². The van der Waals surface area contributed by atoms with Crippen LogP contribution in [-0.4, -0.2) is 52.9 Å². The summed E-state index contributed by atoms with van der Waals surface area (Å²) in [5, 5.41) is 19.6. The molecule has 1 heterocycles. The number of hydrogen-bond acceptors (Lipinski definition) is 4. The number of phenolic OH excluding ortho intramolecular Hbond substituents is 1. The molecule has 0 spiro atoms. The topological polar surface area (TPSA) is 70.0 Å². The zero-order chi connectivity index (χ0) is 14.8. The summed E-state index contributed by atoms with van der Waals surface area (Å²) in [7, 11) is 0. The Morgan fingerprint density at radius 1 is 1.40 bits per heavy atom. The highest BCUT2D eigenvalue weighted by Crippen LogP contribution is 2.28. The fraction of sp³-hybridized carbons (Fsp3) is 0.533. The Morgan fingerprint density at radius 2 is 2.05 bits per heavy atom. The minimum atomic E-state index is -1.03. The van der Waals surface area contributed by atoms with E-state index in [0.717, 1.165) is 5.56 Å². The normalized spacial score (nSPS) is 19.5. The van der Waals surface area contributed by atoms with Gasteiger partial charge in [-0.25, -0.2) is 0 Å². The van der Waals surface area contributed by atoms with E-state index in [1.807, 2.05) is 24.0 Å². The molecule has 0 saturated carbocycles. The summed E-state index contributed by atoms with van der Waals surface area (Å²) in [5.41, 5.74) is 0.642. The first-order chi connectivity index (χ1) is 9.43. The lowest BCUT2D eigenvalue weighted by molar-refractivity contribution is -0.153. The van der Waals surface area contributed by atoms with Crippen molar-refractivity contribution < 1.29 is 19.7 Å². The van der Waals surface area contributed by atoms with Crippen LogP contribution in [-0.2, 0) is 16.0 Å². The quantitative estimate of drug-likeness (QED) is 0.872. The molecule has 20 heavy (non-hydrogen) atoms. The number of benzene rings is 1. The molecule has 1 aromatic rings. The minimum Gasteiger partial charge on any atom is -0.508 e. The molecule has 2 N–H and O–H groups in total. The Labute approximate surface area is 118 Å². The van der Waals surface area contributed by atoms with E-state index in [2.05, 4.69) is 0 Å². The Morgan fingerprint density at radius 3 is 2.65 bits per heavy atom. The van der Waals surface area contributed by atoms with E-state index in [1.54, 1.807) is 13.0 Å². The monoisotopic (exact) mass is 279 g/mol. The molecule has 0 radical (unpaired) electrons. The highest BCUT2D eigenvalue weighted by Gasteiger charge is 2.40. The van der Waals surface area contributed by atoms with Gasteiger partial charge in [0.15, 0.2) is 0 Å². The highest BCUT2D eigenvalue weighted by atomic mass is 16.5. The van der Waals surface area contributed by atoms with Gasteiger partial charge in [0.1, 0.15) is 11.3 Å². The molecular weight excluding hydrogens is 258 g/mol. The second-order valence-corrected chi connectivity index (χ2v) is 5.49. The maximum Gasteiger partial charge on any atom is 0.324 e. The summed E-state index contributed by atoms with van der Waals surface area (Å²) in [6.07, 6.45) is 0.274. The number of phenols is 1. The maximum atomic E-state index is 11.8. The van der Waals surface area contributed by atoms with Gasteiger partial charge >= 0.3 is 5.97 Å². The molecule has 5 heteroatoms. The molecule has 1 aliphatic heterocycles. The predicted molar refractivity (Wildman–Crippen MR) is 75.0 cm³/mol. The van der Waals surface area contributed by atoms with Crippen molar-refractivity contribution in [3.8, 4) is 5.75 Å². The van der Waals surface area contributed by atoms with Gasteiger partial charge < -0.3 is 14.9 Å². The largest absolute Gasteiger partial charge is 0.508 e. The third-order valence-corrected chi connectivity index (χ3v) is 3.94. The molecule has 1 unspecified atom stereocenters. The highest BCUT2D eigenvalue weighted by molar-refractivity contribution is 5.79. The van der Waals surface area contributed by atoms with Crippen LogP contribution in [0.15, 0.2) is 18.2 Å². The Bertz CT molecular complexity index is 497. The van der Waals surface area contributed by atoms with Gasteiger partial charge in [-0.2, -0.15) is 0 Å². The molecule has 1 aliphatic rings. The zero-order valence-corrected chi connectivity index (χ0v) is 11.9. The lowest BCUT2D eigenvalue weighted by Crippen LogP contribution is -2.57. The van der Waals surface area contributed by atoms with Crippen LogP contribution in [0, 0.1) is 6.92 Å². The van der Waals surface area contributed by atoms with Crippen LogP contribution in [0.2, 0.25) is 0 Å². The van der Waals surface area contributed by atoms with Gasteiger partial charge in [0.25, 0.3) is 0 Å². The summed E-state index contributed by atoms with van der Waals surface area (Å²) >= 11 is 0. The van der Waals surface area contributed by atoms with E-state index >= 15 is 0 Å². The van der Waals surface area contributed by atoms with Gasteiger partial charge in [-0.05, 0) is 25.5 Å². The van der Waals surface area contributed by atoms with Gasteiger partial charge in [-0.3, -0.25) is 9.69 Å². The summed E-state index contributed by atoms with van der Waals surface area (Å²) in [4.78, 5) is 13.7. The van der Waals surface area contributed by atoms with Crippen LogP contribution in [0.4, 0.5) is 0 Å². The van der Waals surface area contributed by atoms with Gasteiger partial charge in [0, 0.05) is 19.5 Å². The van der Waals surface area contributed by atoms with Crippen molar-refractivity contribution in [2.75, 3.05) is 26.3 Å². The van der Waals surface area contributed by atoms with E-state index in [1.165, 1.54) is 0 Å².